The molecule has 1 unspecified atom stereocenters. The van der Waals surface area contributed by atoms with Crippen molar-refractivity contribution >= 4 is 11.5 Å². The lowest BCUT2D eigenvalue weighted by Crippen LogP contribution is -2.56. The van der Waals surface area contributed by atoms with Gasteiger partial charge in [0.15, 0.2) is 0 Å². The molecule has 146 valence electrons. The Labute approximate surface area is 156 Å². The Morgan fingerprint density at radius 1 is 1.12 bits per heavy atom. The Morgan fingerprint density at radius 2 is 1.92 bits per heavy atom. The molecule has 0 saturated heterocycles. The maximum Gasteiger partial charge on any atom is 0.145 e. The van der Waals surface area contributed by atoms with Gasteiger partial charge in [-0.2, -0.15) is 0 Å². The van der Waals surface area contributed by atoms with Crippen molar-refractivity contribution in [3.05, 3.63) is 0 Å². The zero-order valence-electron chi connectivity index (χ0n) is 16.2. The molecule has 0 spiro atoms. The molecule has 0 aliphatic heterocycles. The molecule has 0 aromatic carbocycles. The summed E-state index contributed by atoms with van der Waals surface area (Å²) >= 11 is 0. The van der Waals surface area contributed by atoms with Crippen LogP contribution >= 0.6 is 0 Å². The number of halogens is 1. The van der Waals surface area contributed by atoms with Crippen LogP contribution in [0.15, 0.2) is 5.16 Å². The molecule has 0 heterocycles. The Bertz CT molecular complexity index is 609. The van der Waals surface area contributed by atoms with Crippen molar-refractivity contribution in [2.45, 2.75) is 71.4 Å². The Balaban J connectivity index is 1.55. The van der Waals surface area contributed by atoms with Crippen LogP contribution in [0.25, 0.3) is 0 Å². The van der Waals surface area contributed by atoms with Crippen molar-refractivity contribution in [3.8, 4) is 0 Å². The van der Waals surface area contributed by atoms with E-state index in [1.165, 1.54) is 0 Å². The summed E-state index contributed by atoms with van der Waals surface area (Å²) in [7, 11) is 0. The number of fused-ring (bicyclic) bond motifs is 5. The van der Waals surface area contributed by atoms with E-state index >= 15 is 4.39 Å². The van der Waals surface area contributed by atoms with Crippen LogP contribution in [0.3, 0.4) is 0 Å². The summed E-state index contributed by atoms with van der Waals surface area (Å²) in [6, 6.07) is 0. The van der Waals surface area contributed by atoms with Gasteiger partial charge >= 0.3 is 0 Å². The minimum atomic E-state index is -0.994. The van der Waals surface area contributed by atoms with Gasteiger partial charge in [0.2, 0.25) is 0 Å². The highest BCUT2D eigenvalue weighted by atomic mass is 19.1. The first-order chi connectivity index (χ1) is 12.4. The predicted octanol–water partition coefficient (Wildman–Crippen LogP) is 3.88. The molecule has 4 aliphatic rings. The highest BCUT2D eigenvalue weighted by Crippen LogP contribution is 2.65. The third-order valence-corrected chi connectivity index (χ3v) is 8.63. The second-order valence-electron chi connectivity index (χ2n) is 9.59. The zero-order valence-corrected chi connectivity index (χ0v) is 16.2. The van der Waals surface area contributed by atoms with Gasteiger partial charge in [-0.15, -0.1) is 0 Å². The van der Waals surface area contributed by atoms with E-state index in [1.807, 2.05) is 0 Å². The molecule has 4 rings (SSSR count). The largest absolute Gasteiger partial charge is 0.394 e. The molecule has 2 N–H and O–H groups in total. The first-order valence-corrected chi connectivity index (χ1v) is 10.5. The number of alkyl halides is 1. The van der Waals surface area contributed by atoms with Gasteiger partial charge in [0.25, 0.3) is 0 Å². The lowest BCUT2D eigenvalue weighted by Gasteiger charge is -2.60. The van der Waals surface area contributed by atoms with Crippen LogP contribution in [0, 0.1) is 34.5 Å². The van der Waals surface area contributed by atoms with Crippen molar-refractivity contribution in [3.63, 3.8) is 0 Å². The summed E-state index contributed by atoms with van der Waals surface area (Å²) in [5, 5.41) is 4.07. The number of rotatable bonds is 3. The van der Waals surface area contributed by atoms with Gasteiger partial charge in [-0.3, -0.25) is 4.79 Å². The molecule has 7 atom stereocenters. The topological polar surface area (TPSA) is 64.7 Å². The van der Waals surface area contributed by atoms with Crippen molar-refractivity contribution in [2.24, 2.45) is 45.4 Å². The summed E-state index contributed by atoms with van der Waals surface area (Å²) < 4.78 is 15.3. The normalized spacial score (nSPS) is 49.5. The summed E-state index contributed by atoms with van der Waals surface area (Å²) in [5.41, 5.74) is 5.94. The fourth-order valence-electron chi connectivity index (χ4n) is 7.15. The van der Waals surface area contributed by atoms with Gasteiger partial charge < -0.3 is 10.6 Å². The minimum absolute atomic E-state index is 0.0299. The number of hydrogen-bond acceptors (Lipinski definition) is 4. The van der Waals surface area contributed by atoms with Gasteiger partial charge in [0, 0.05) is 24.3 Å². The number of oxime groups is 1. The van der Waals surface area contributed by atoms with Gasteiger partial charge in [-0.05, 0) is 68.1 Å². The van der Waals surface area contributed by atoms with E-state index in [2.05, 4.69) is 19.0 Å². The highest BCUT2D eigenvalue weighted by Gasteiger charge is 2.61. The Kier molecular flexibility index (Phi) is 4.65. The summed E-state index contributed by atoms with van der Waals surface area (Å²) in [6.45, 7) is 5.27. The molecule has 4 fully saturated rings. The van der Waals surface area contributed by atoms with Crippen LogP contribution < -0.4 is 5.73 Å². The molecule has 0 aromatic rings. The number of carbonyl (C=O) groups is 1. The number of nitrogens with zero attached hydrogens (tertiary/aromatic N) is 1. The van der Waals surface area contributed by atoms with E-state index in [-0.39, 0.29) is 16.7 Å². The number of carbonyl (C=O) groups excluding carboxylic acids is 1. The number of hydrogen-bond donors (Lipinski definition) is 1. The average molecular weight is 365 g/mol. The van der Waals surface area contributed by atoms with E-state index < -0.39 is 6.17 Å². The van der Waals surface area contributed by atoms with Gasteiger partial charge in [0.05, 0.1) is 5.71 Å². The molecule has 0 bridgehead atoms. The maximum atomic E-state index is 15.3. The SMILES string of the molecule is C[C@]12CCC(=NOCCN)[C@@H](F)C1CC[C@@H]1[C@@H]2CC[C@]2(C)C(=O)CC[C@@H]12. The predicted molar refractivity (Wildman–Crippen MR) is 99.5 cm³/mol. The zero-order chi connectivity index (χ0) is 18.5. The van der Waals surface area contributed by atoms with Crippen LogP contribution in [0.5, 0.6) is 0 Å². The number of ketones is 1. The fourth-order valence-corrected chi connectivity index (χ4v) is 7.15. The Morgan fingerprint density at radius 3 is 2.69 bits per heavy atom. The summed E-state index contributed by atoms with van der Waals surface area (Å²) in [4.78, 5) is 17.7. The standard InChI is InChI=1S/C21H33FN2O2/c1-20-10-8-17(24-26-12-11-23)19(22)16(20)4-3-13-14-5-6-18(25)21(14,2)9-7-15(13)20/h13-16,19H,3-12,23H2,1-2H3/t13-,14-,15-,16?,19-,20+,21-/m0/s1. The highest BCUT2D eigenvalue weighted by molar-refractivity contribution is 5.89. The van der Waals surface area contributed by atoms with Crippen molar-refractivity contribution in [2.75, 3.05) is 13.2 Å². The summed E-state index contributed by atoms with van der Waals surface area (Å²) in [5.74, 6) is 2.19. The monoisotopic (exact) mass is 364 g/mol. The van der Waals surface area contributed by atoms with Crippen molar-refractivity contribution in [1.29, 1.82) is 0 Å². The number of Topliss-reactive ketones (excluding diaryl/α,β-unsaturated/α-hetero) is 1. The van der Waals surface area contributed by atoms with Gasteiger partial charge in [-0.1, -0.05) is 19.0 Å². The number of nitrogens with two attached hydrogens (primary N) is 1. The van der Waals surface area contributed by atoms with E-state index in [4.69, 9.17) is 10.6 Å². The van der Waals surface area contributed by atoms with Crippen molar-refractivity contribution < 1.29 is 14.0 Å². The third kappa shape index (κ3) is 2.56. The van der Waals surface area contributed by atoms with Crippen molar-refractivity contribution in [1.82, 2.24) is 0 Å². The lowest BCUT2D eigenvalue weighted by atomic mass is 9.45. The van der Waals surface area contributed by atoms with Crippen LogP contribution in [0.1, 0.15) is 65.2 Å². The van der Waals surface area contributed by atoms with Crippen LogP contribution in [0.4, 0.5) is 4.39 Å². The molecular formula is C21H33FN2O2. The van der Waals surface area contributed by atoms with E-state index in [0.29, 0.717) is 48.8 Å². The molecule has 0 aromatic heterocycles. The smallest absolute Gasteiger partial charge is 0.145 e. The second kappa shape index (κ2) is 6.57. The van der Waals surface area contributed by atoms with Gasteiger partial charge in [0.1, 0.15) is 18.6 Å². The molecule has 4 saturated carbocycles. The van der Waals surface area contributed by atoms with E-state index in [9.17, 15) is 4.79 Å². The molecule has 0 amide bonds. The van der Waals surface area contributed by atoms with E-state index in [0.717, 1.165) is 44.9 Å². The molecule has 26 heavy (non-hydrogen) atoms. The van der Waals surface area contributed by atoms with Crippen LogP contribution in [-0.4, -0.2) is 30.8 Å². The summed E-state index contributed by atoms with van der Waals surface area (Å²) in [6.07, 6.45) is 6.54. The minimum Gasteiger partial charge on any atom is -0.394 e. The fraction of sp³-hybridized carbons (Fsp3) is 0.905. The molecule has 5 heteroatoms. The lowest BCUT2D eigenvalue weighted by molar-refractivity contribution is -0.139. The quantitative estimate of drug-likeness (QED) is 0.610. The molecular weight excluding hydrogens is 331 g/mol. The van der Waals surface area contributed by atoms with Crippen LogP contribution in [0.2, 0.25) is 0 Å². The molecule has 4 aliphatic carbocycles. The second-order valence-corrected chi connectivity index (χ2v) is 9.59. The average Bonchev–Trinajstić information content (AvgIpc) is 2.92. The molecule has 0 radical (unpaired) electrons. The Hall–Kier alpha value is -0.970. The van der Waals surface area contributed by atoms with Gasteiger partial charge in [-0.25, -0.2) is 4.39 Å². The van der Waals surface area contributed by atoms with E-state index in [1.54, 1.807) is 0 Å². The first kappa shape index (κ1) is 18.4. The third-order valence-electron chi connectivity index (χ3n) is 8.63. The van der Waals surface area contributed by atoms with Crippen LogP contribution in [-0.2, 0) is 9.63 Å². The maximum absolute atomic E-state index is 15.3. The molecule has 4 nitrogen and oxygen atoms in total. The first-order valence-electron chi connectivity index (χ1n) is 10.5.